The fraction of sp³-hybridized carbons (Fsp3) is 0.591. The molecule has 182 valence electrons. The second kappa shape index (κ2) is 9.25. The molecule has 0 bridgehead atoms. The van der Waals surface area contributed by atoms with Gasteiger partial charge in [0.1, 0.15) is 5.82 Å². The molecule has 6 nitrogen and oxygen atoms in total. The van der Waals surface area contributed by atoms with Crippen LogP contribution in [-0.2, 0) is 30.2 Å². The quantitative estimate of drug-likeness (QED) is 0.559. The van der Waals surface area contributed by atoms with Crippen molar-refractivity contribution in [3.8, 4) is 0 Å². The highest BCUT2D eigenvalue weighted by Crippen LogP contribution is 2.37. The molecule has 1 aliphatic heterocycles. The molecule has 0 amide bonds. The number of alkyl halides is 3. The third-order valence-corrected chi connectivity index (χ3v) is 8.20. The number of aryl methyl sites for hydroxylation is 1. The predicted molar refractivity (Wildman–Crippen MR) is 116 cm³/mol. The molecule has 1 aliphatic carbocycles. The van der Waals surface area contributed by atoms with Gasteiger partial charge in [-0.05, 0) is 42.5 Å². The standard InChI is InChI=1S/C22H28F4N4O2S/c1-28-12-19(27-15-28)13-30-20(8-6-16-4-2-3-5-16)14-29(33(31,32)22(24,25)26)11-17-10-18(23)7-9-21(17)30/h7,9-10,12,15-16,20H,2-6,8,11,13-14H2,1H3. The van der Waals surface area contributed by atoms with Gasteiger partial charge in [-0.25, -0.2) is 17.8 Å². The number of hydrogen-bond donors (Lipinski definition) is 0. The van der Waals surface area contributed by atoms with Gasteiger partial charge in [0, 0.05) is 38.1 Å². The summed E-state index contributed by atoms with van der Waals surface area (Å²) in [5.74, 6) is -0.134. The summed E-state index contributed by atoms with van der Waals surface area (Å²) in [7, 11) is -3.76. The molecule has 4 rings (SSSR count). The minimum Gasteiger partial charge on any atom is -0.361 e. The highest BCUT2D eigenvalue weighted by Gasteiger charge is 2.51. The van der Waals surface area contributed by atoms with E-state index < -0.39 is 33.9 Å². The van der Waals surface area contributed by atoms with E-state index in [1.54, 1.807) is 10.9 Å². The first-order valence-electron chi connectivity index (χ1n) is 11.1. The van der Waals surface area contributed by atoms with Crippen LogP contribution in [0.2, 0.25) is 0 Å². The first-order chi connectivity index (χ1) is 15.5. The number of benzene rings is 1. The third-order valence-electron chi connectivity index (χ3n) is 6.66. The topological polar surface area (TPSA) is 58.4 Å². The maximum Gasteiger partial charge on any atom is 0.511 e. The zero-order valence-electron chi connectivity index (χ0n) is 18.4. The fourth-order valence-electron chi connectivity index (χ4n) is 4.99. The first kappa shape index (κ1) is 24.0. The summed E-state index contributed by atoms with van der Waals surface area (Å²) in [4.78, 5) is 6.25. The van der Waals surface area contributed by atoms with Gasteiger partial charge in [0.2, 0.25) is 0 Å². The molecule has 1 unspecified atom stereocenters. The van der Waals surface area contributed by atoms with Gasteiger partial charge in [-0.3, -0.25) is 0 Å². The molecule has 11 heteroatoms. The van der Waals surface area contributed by atoms with Crippen LogP contribution in [-0.4, -0.2) is 40.4 Å². The number of aromatic nitrogens is 2. The van der Waals surface area contributed by atoms with Gasteiger partial charge in [-0.1, -0.05) is 25.7 Å². The lowest BCUT2D eigenvalue weighted by molar-refractivity contribution is -0.0492. The molecule has 2 aromatic rings. The van der Waals surface area contributed by atoms with Gasteiger partial charge in [0.15, 0.2) is 0 Å². The number of anilines is 1. The van der Waals surface area contributed by atoms with Crippen LogP contribution in [0.25, 0.3) is 0 Å². The van der Waals surface area contributed by atoms with Gasteiger partial charge >= 0.3 is 15.5 Å². The Labute approximate surface area is 191 Å². The Balaban J connectivity index is 1.74. The third kappa shape index (κ3) is 5.18. The molecule has 0 N–H and O–H groups in total. The molecule has 1 aromatic heterocycles. The summed E-state index contributed by atoms with van der Waals surface area (Å²) in [6.45, 7) is -0.569. The maximum atomic E-state index is 14.1. The summed E-state index contributed by atoms with van der Waals surface area (Å²) in [6.07, 6.45) is 9.24. The summed E-state index contributed by atoms with van der Waals surface area (Å²) in [5, 5.41) is 0. The van der Waals surface area contributed by atoms with Crippen molar-refractivity contribution in [1.82, 2.24) is 13.9 Å². The summed E-state index contributed by atoms with van der Waals surface area (Å²) in [5.41, 5.74) is -3.97. The van der Waals surface area contributed by atoms with Crippen LogP contribution in [0.15, 0.2) is 30.7 Å². The van der Waals surface area contributed by atoms with Gasteiger partial charge in [0.25, 0.3) is 0 Å². The molecular formula is C22H28F4N4O2S. The number of sulfonamides is 1. The number of fused-ring (bicyclic) bond motifs is 1. The number of hydrogen-bond acceptors (Lipinski definition) is 4. The fourth-order valence-corrected chi connectivity index (χ4v) is 5.96. The van der Waals surface area contributed by atoms with Crippen LogP contribution >= 0.6 is 0 Å². The number of rotatable bonds is 6. The molecule has 2 aliphatic rings. The van der Waals surface area contributed by atoms with Gasteiger partial charge < -0.3 is 9.47 Å². The van der Waals surface area contributed by atoms with Crippen molar-refractivity contribution >= 4 is 15.7 Å². The Morgan fingerprint density at radius 1 is 1.15 bits per heavy atom. The first-order valence-corrected chi connectivity index (χ1v) is 12.6. The van der Waals surface area contributed by atoms with Crippen molar-refractivity contribution in [3.05, 3.63) is 47.8 Å². The van der Waals surface area contributed by atoms with E-state index in [1.807, 2.05) is 18.1 Å². The minimum atomic E-state index is -5.58. The van der Waals surface area contributed by atoms with E-state index >= 15 is 0 Å². The van der Waals surface area contributed by atoms with Crippen LogP contribution in [0.3, 0.4) is 0 Å². The predicted octanol–water partition coefficient (Wildman–Crippen LogP) is 4.57. The molecule has 1 saturated carbocycles. The van der Waals surface area contributed by atoms with Crippen LogP contribution in [0.1, 0.15) is 49.8 Å². The van der Waals surface area contributed by atoms with Crippen molar-refractivity contribution in [2.75, 3.05) is 11.4 Å². The van der Waals surface area contributed by atoms with E-state index in [0.29, 0.717) is 28.0 Å². The monoisotopic (exact) mass is 488 g/mol. The second-order valence-electron chi connectivity index (χ2n) is 9.06. The maximum absolute atomic E-state index is 14.1. The van der Waals surface area contributed by atoms with Crippen LogP contribution in [0, 0.1) is 11.7 Å². The molecule has 0 radical (unpaired) electrons. The molecule has 1 fully saturated rings. The SMILES string of the molecule is Cn1cnc(CN2c3ccc(F)cc3CN(S(=O)(=O)C(F)(F)F)CC2CCC2CCCC2)c1. The van der Waals surface area contributed by atoms with E-state index in [-0.39, 0.29) is 18.7 Å². The van der Waals surface area contributed by atoms with Gasteiger partial charge in [0.05, 0.1) is 18.6 Å². The Morgan fingerprint density at radius 3 is 2.52 bits per heavy atom. The smallest absolute Gasteiger partial charge is 0.361 e. The lowest BCUT2D eigenvalue weighted by Crippen LogP contribution is -2.47. The van der Waals surface area contributed by atoms with Crippen molar-refractivity contribution in [2.45, 2.75) is 63.2 Å². The molecule has 0 saturated heterocycles. The molecule has 2 heterocycles. The number of imidazole rings is 1. The van der Waals surface area contributed by atoms with Gasteiger partial charge in [-0.2, -0.15) is 17.5 Å². The van der Waals surface area contributed by atoms with Gasteiger partial charge in [-0.15, -0.1) is 0 Å². The van der Waals surface area contributed by atoms with E-state index in [9.17, 15) is 26.0 Å². The zero-order chi connectivity index (χ0) is 23.8. The Hall–Kier alpha value is -2.14. The summed E-state index contributed by atoms with van der Waals surface area (Å²) >= 11 is 0. The molecule has 33 heavy (non-hydrogen) atoms. The minimum absolute atomic E-state index is 0.210. The average Bonchev–Trinajstić information content (AvgIpc) is 3.36. The Bertz CT molecular complexity index is 1080. The average molecular weight is 489 g/mol. The Morgan fingerprint density at radius 2 is 1.88 bits per heavy atom. The van der Waals surface area contributed by atoms with Crippen molar-refractivity contribution < 1.29 is 26.0 Å². The lowest BCUT2D eigenvalue weighted by Gasteiger charge is -2.34. The highest BCUT2D eigenvalue weighted by atomic mass is 32.2. The van der Waals surface area contributed by atoms with Crippen LogP contribution in [0.4, 0.5) is 23.2 Å². The largest absolute Gasteiger partial charge is 0.511 e. The normalized spacial score (nSPS) is 20.8. The van der Waals surface area contributed by atoms with E-state index in [2.05, 4.69) is 4.98 Å². The number of halogens is 4. The molecule has 1 atom stereocenters. The Kier molecular flexibility index (Phi) is 6.73. The highest BCUT2D eigenvalue weighted by molar-refractivity contribution is 7.89. The molecular weight excluding hydrogens is 460 g/mol. The summed E-state index contributed by atoms with van der Waals surface area (Å²) < 4.78 is 81.5. The number of nitrogens with zero attached hydrogens (tertiary/aromatic N) is 4. The van der Waals surface area contributed by atoms with Crippen molar-refractivity contribution in [2.24, 2.45) is 13.0 Å². The second-order valence-corrected chi connectivity index (χ2v) is 11.0. The van der Waals surface area contributed by atoms with Crippen molar-refractivity contribution in [1.29, 1.82) is 0 Å². The lowest BCUT2D eigenvalue weighted by atomic mass is 9.97. The van der Waals surface area contributed by atoms with Crippen LogP contribution < -0.4 is 4.90 Å². The van der Waals surface area contributed by atoms with Crippen molar-refractivity contribution in [3.63, 3.8) is 0 Å². The summed E-state index contributed by atoms with van der Waals surface area (Å²) in [6, 6.07) is 3.40. The van der Waals surface area contributed by atoms with E-state index in [1.165, 1.54) is 12.1 Å². The molecule has 1 aromatic carbocycles. The molecule has 0 spiro atoms. The van der Waals surface area contributed by atoms with E-state index in [0.717, 1.165) is 38.2 Å². The van der Waals surface area contributed by atoms with E-state index in [4.69, 9.17) is 0 Å². The zero-order valence-corrected chi connectivity index (χ0v) is 19.2. The van der Waals surface area contributed by atoms with Crippen LogP contribution in [0.5, 0.6) is 0 Å².